The number of nitrogens with zero attached hydrogens (tertiary/aromatic N) is 2. The summed E-state index contributed by atoms with van der Waals surface area (Å²) in [5.41, 5.74) is 1.07. The highest BCUT2D eigenvalue weighted by Crippen LogP contribution is 2.07. The number of nitrogens with one attached hydrogen (secondary N) is 2. The Kier molecular flexibility index (Phi) is 5.06. The molecule has 2 rings (SSSR count). The molecule has 1 heterocycles. The van der Waals surface area contributed by atoms with Crippen molar-refractivity contribution in [1.29, 1.82) is 0 Å². The molecule has 104 valence electrons. The molecule has 2 aromatic rings. The number of hydrogen-bond acceptors (Lipinski definition) is 4. The van der Waals surface area contributed by atoms with Crippen LogP contribution in [-0.2, 0) is 6.42 Å². The Balaban J connectivity index is 1.84. The highest BCUT2D eigenvalue weighted by atomic mass is 19.1. The third kappa shape index (κ3) is 4.35. The molecular weight excluding hydrogens is 255 g/mol. The normalized spacial score (nSPS) is 10.1. The molecule has 0 aliphatic carbocycles. The molecule has 0 spiro atoms. The number of halogens is 1. The summed E-state index contributed by atoms with van der Waals surface area (Å²) >= 11 is 0. The lowest BCUT2D eigenvalue weighted by Gasteiger charge is -2.07. The van der Waals surface area contributed by atoms with Crippen molar-refractivity contribution in [3.8, 4) is 0 Å². The molecule has 0 fully saturated rings. The average Bonchev–Trinajstić information content (AvgIpc) is 2.48. The molecule has 1 aromatic heterocycles. The predicted octanol–water partition coefficient (Wildman–Crippen LogP) is 2.87. The van der Waals surface area contributed by atoms with Crippen LogP contribution in [0.4, 0.5) is 16.2 Å². The van der Waals surface area contributed by atoms with Gasteiger partial charge in [-0.05, 0) is 30.2 Å². The maximum atomic E-state index is 12.8. The topological polar surface area (TPSA) is 49.8 Å². The Hall–Kier alpha value is -2.43. The van der Waals surface area contributed by atoms with Crippen LogP contribution in [0.25, 0.3) is 0 Å². The summed E-state index contributed by atoms with van der Waals surface area (Å²) in [7, 11) is 0. The molecule has 5 heteroatoms. The van der Waals surface area contributed by atoms with Crippen molar-refractivity contribution in [3.05, 3.63) is 60.6 Å². The fraction of sp³-hybridized carbons (Fsp3) is 0.200. The van der Waals surface area contributed by atoms with Crippen LogP contribution in [-0.4, -0.2) is 23.1 Å². The van der Waals surface area contributed by atoms with Gasteiger partial charge < -0.3 is 10.6 Å². The maximum absolute atomic E-state index is 12.8. The zero-order chi connectivity index (χ0) is 14.2. The Bertz CT molecular complexity index is 554. The van der Waals surface area contributed by atoms with Gasteiger partial charge in [-0.3, -0.25) is 0 Å². The highest BCUT2D eigenvalue weighted by molar-refractivity contribution is 5.40. The summed E-state index contributed by atoms with van der Waals surface area (Å²) in [5.74, 6) is 1.11. The van der Waals surface area contributed by atoms with E-state index in [1.54, 1.807) is 30.5 Å². The van der Waals surface area contributed by atoms with Gasteiger partial charge in [0.25, 0.3) is 0 Å². The van der Waals surface area contributed by atoms with E-state index in [0.717, 1.165) is 17.8 Å². The van der Waals surface area contributed by atoms with Crippen LogP contribution in [0.15, 0.2) is 49.2 Å². The number of anilines is 2. The van der Waals surface area contributed by atoms with Crippen LogP contribution >= 0.6 is 0 Å². The van der Waals surface area contributed by atoms with Crippen molar-refractivity contribution in [1.82, 2.24) is 9.97 Å². The van der Waals surface area contributed by atoms with E-state index in [-0.39, 0.29) is 5.82 Å². The van der Waals surface area contributed by atoms with Gasteiger partial charge in [-0.25, -0.2) is 9.37 Å². The largest absolute Gasteiger partial charge is 0.366 e. The first-order valence-electron chi connectivity index (χ1n) is 6.44. The standard InChI is InChI=1S/C15H17FN4/c1-2-9-17-14-8-11-19-15(20-14)18-10-7-12-3-5-13(16)6-4-12/h2-6,8,11H,1,7,9-10H2,(H2,17,18,19,20). The molecule has 0 radical (unpaired) electrons. The van der Waals surface area contributed by atoms with Gasteiger partial charge in [0.2, 0.25) is 5.95 Å². The quantitative estimate of drug-likeness (QED) is 0.761. The van der Waals surface area contributed by atoms with Crippen molar-refractivity contribution < 1.29 is 4.39 Å². The molecule has 4 nitrogen and oxygen atoms in total. The van der Waals surface area contributed by atoms with Gasteiger partial charge in [-0.1, -0.05) is 18.2 Å². The average molecular weight is 272 g/mol. The Morgan fingerprint density at radius 3 is 2.70 bits per heavy atom. The SMILES string of the molecule is C=CCNc1ccnc(NCCc2ccc(F)cc2)n1. The van der Waals surface area contributed by atoms with Gasteiger partial charge >= 0.3 is 0 Å². The van der Waals surface area contributed by atoms with E-state index < -0.39 is 0 Å². The van der Waals surface area contributed by atoms with Gasteiger partial charge in [0.15, 0.2) is 0 Å². The lowest BCUT2D eigenvalue weighted by atomic mass is 10.1. The number of hydrogen-bond donors (Lipinski definition) is 2. The second kappa shape index (κ2) is 7.23. The second-order valence-electron chi connectivity index (χ2n) is 4.24. The molecule has 0 bridgehead atoms. The van der Waals surface area contributed by atoms with Crippen LogP contribution in [0.3, 0.4) is 0 Å². The first-order valence-corrected chi connectivity index (χ1v) is 6.44. The predicted molar refractivity (Wildman–Crippen MR) is 79.3 cm³/mol. The van der Waals surface area contributed by atoms with Crippen LogP contribution in [0.1, 0.15) is 5.56 Å². The molecule has 0 aliphatic rings. The van der Waals surface area contributed by atoms with E-state index in [1.807, 2.05) is 0 Å². The first-order chi connectivity index (χ1) is 9.78. The number of rotatable bonds is 7. The van der Waals surface area contributed by atoms with Crippen molar-refractivity contribution in [2.45, 2.75) is 6.42 Å². The lowest BCUT2D eigenvalue weighted by molar-refractivity contribution is 0.627. The van der Waals surface area contributed by atoms with E-state index in [1.165, 1.54) is 12.1 Å². The smallest absolute Gasteiger partial charge is 0.224 e. The molecule has 0 saturated carbocycles. The molecule has 0 unspecified atom stereocenters. The zero-order valence-electron chi connectivity index (χ0n) is 11.1. The summed E-state index contributed by atoms with van der Waals surface area (Å²) in [6.45, 7) is 4.99. The lowest BCUT2D eigenvalue weighted by Crippen LogP contribution is -2.09. The highest BCUT2D eigenvalue weighted by Gasteiger charge is 1.99. The summed E-state index contributed by atoms with van der Waals surface area (Å²) in [4.78, 5) is 8.46. The maximum Gasteiger partial charge on any atom is 0.224 e. The molecule has 0 aliphatic heterocycles. The van der Waals surface area contributed by atoms with Gasteiger partial charge in [0.05, 0.1) is 0 Å². The number of aromatic nitrogens is 2. The molecule has 0 atom stereocenters. The summed E-state index contributed by atoms with van der Waals surface area (Å²) in [6, 6.07) is 8.28. The summed E-state index contributed by atoms with van der Waals surface area (Å²) in [5, 5.41) is 6.24. The molecule has 0 amide bonds. The molecular formula is C15H17FN4. The Labute approximate surface area is 117 Å². The first kappa shape index (κ1) is 14.0. The van der Waals surface area contributed by atoms with Gasteiger partial charge in [0.1, 0.15) is 11.6 Å². The van der Waals surface area contributed by atoms with Crippen molar-refractivity contribution >= 4 is 11.8 Å². The summed E-state index contributed by atoms with van der Waals surface area (Å²) < 4.78 is 12.8. The van der Waals surface area contributed by atoms with Crippen LogP contribution in [0.5, 0.6) is 0 Å². The fourth-order valence-corrected chi connectivity index (χ4v) is 1.69. The van der Waals surface area contributed by atoms with E-state index in [4.69, 9.17) is 0 Å². The minimum absolute atomic E-state index is 0.217. The van der Waals surface area contributed by atoms with E-state index in [0.29, 0.717) is 19.0 Å². The second-order valence-corrected chi connectivity index (χ2v) is 4.24. The Morgan fingerprint density at radius 1 is 1.15 bits per heavy atom. The van der Waals surface area contributed by atoms with E-state index >= 15 is 0 Å². The number of benzene rings is 1. The molecule has 0 saturated heterocycles. The zero-order valence-corrected chi connectivity index (χ0v) is 11.1. The Morgan fingerprint density at radius 2 is 1.95 bits per heavy atom. The van der Waals surface area contributed by atoms with E-state index in [9.17, 15) is 4.39 Å². The summed E-state index contributed by atoms with van der Waals surface area (Å²) in [6.07, 6.45) is 4.25. The molecule has 1 aromatic carbocycles. The monoisotopic (exact) mass is 272 g/mol. The van der Waals surface area contributed by atoms with E-state index in [2.05, 4.69) is 27.2 Å². The van der Waals surface area contributed by atoms with Crippen molar-refractivity contribution in [2.24, 2.45) is 0 Å². The third-order valence-electron chi connectivity index (χ3n) is 2.69. The van der Waals surface area contributed by atoms with Crippen molar-refractivity contribution in [3.63, 3.8) is 0 Å². The third-order valence-corrected chi connectivity index (χ3v) is 2.69. The van der Waals surface area contributed by atoms with Crippen molar-refractivity contribution in [2.75, 3.05) is 23.7 Å². The van der Waals surface area contributed by atoms with Gasteiger partial charge in [0, 0.05) is 19.3 Å². The molecule has 2 N–H and O–H groups in total. The fourth-order valence-electron chi connectivity index (χ4n) is 1.69. The van der Waals surface area contributed by atoms with Gasteiger partial charge in [-0.15, -0.1) is 6.58 Å². The minimum Gasteiger partial charge on any atom is -0.366 e. The minimum atomic E-state index is -0.217. The van der Waals surface area contributed by atoms with Gasteiger partial charge in [-0.2, -0.15) is 4.98 Å². The van der Waals surface area contributed by atoms with Crippen LogP contribution in [0.2, 0.25) is 0 Å². The molecule has 20 heavy (non-hydrogen) atoms. The van der Waals surface area contributed by atoms with Crippen LogP contribution < -0.4 is 10.6 Å². The van der Waals surface area contributed by atoms with Crippen LogP contribution in [0, 0.1) is 5.82 Å².